The molecule has 0 bridgehead atoms. The average Bonchev–Trinajstić information content (AvgIpc) is 2.06. The number of hydrogen-bond donors (Lipinski definition) is 1. The van der Waals surface area contributed by atoms with E-state index in [1.807, 2.05) is 37.3 Å². The summed E-state index contributed by atoms with van der Waals surface area (Å²) in [5, 5.41) is 9.17. The first-order chi connectivity index (χ1) is 5.33. The molecule has 0 spiro atoms. The van der Waals surface area contributed by atoms with Crippen molar-refractivity contribution in [2.45, 2.75) is 13.3 Å². The third-order valence-corrected chi connectivity index (χ3v) is 1.50. The Morgan fingerprint density at radius 1 is 1.36 bits per heavy atom. The van der Waals surface area contributed by atoms with Crippen LogP contribution in [0.1, 0.15) is 18.9 Å². The first kappa shape index (κ1) is 7.86. The van der Waals surface area contributed by atoms with Gasteiger partial charge in [0.2, 0.25) is 0 Å². The fraction of sp³-hybridized carbons (Fsp3) is 0.200. The summed E-state index contributed by atoms with van der Waals surface area (Å²) in [6.07, 6.45) is 2.47. The third-order valence-electron chi connectivity index (χ3n) is 1.50. The van der Waals surface area contributed by atoms with Crippen LogP contribution in [0, 0.1) is 0 Å². The van der Waals surface area contributed by atoms with Crippen molar-refractivity contribution in [3.05, 3.63) is 41.7 Å². The zero-order valence-electron chi connectivity index (χ0n) is 6.62. The van der Waals surface area contributed by atoms with E-state index in [4.69, 9.17) is 0 Å². The van der Waals surface area contributed by atoms with Crippen LogP contribution in [0.4, 0.5) is 0 Å². The number of aliphatic hydroxyl groups excluding tert-OH is 1. The van der Waals surface area contributed by atoms with Crippen LogP contribution in [0.2, 0.25) is 0 Å². The molecule has 0 amide bonds. The van der Waals surface area contributed by atoms with Gasteiger partial charge in [-0.05, 0) is 11.6 Å². The van der Waals surface area contributed by atoms with E-state index in [0.717, 1.165) is 5.56 Å². The van der Waals surface area contributed by atoms with Gasteiger partial charge in [-0.15, -0.1) is 0 Å². The third kappa shape index (κ3) is 2.46. The van der Waals surface area contributed by atoms with Crippen LogP contribution in [0.15, 0.2) is 36.1 Å². The standard InChI is InChI=1S/C10H12O/c1-2-10(11)8-9-6-4-3-5-7-9/h3-8,11H,2H2,1H3. The van der Waals surface area contributed by atoms with Gasteiger partial charge in [0.25, 0.3) is 0 Å². The van der Waals surface area contributed by atoms with Crippen molar-refractivity contribution in [1.82, 2.24) is 0 Å². The lowest BCUT2D eigenvalue weighted by atomic mass is 10.2. The van der Waals surface area contributed by atoms with Crippen LogP contribution in [0.5, 0.6) is 0 Å². The zero-order valence-corrected chi connectivity index (χ0v) is 6.62. The van der Waals surface area contributed by atoms with Crippen molar-refractivity contribution in [3.8, 4) is 0 Å². The van der Waals surface area contributed by atoms with Gasteiger partial charge in [0.15, 0.2) is 0 Å². The van der Waals surface area contributed by atoms with Gasteiger partial charge in [-0.25, -0.2) is 0 Å². The molecule has 0 aromatic heterocycles. The van der Waals surface area contributed by atoms with Gasteiger partial charge in [-0.3, -0.25) is 0 Å². The van der Waals surface area contributed by atoms with Crippen LogP contribution in [0.3, 0.4) is 0 Å². The summed E-state index contributed by atoms with van der Waals surface area (Å²) in [7, 11) is 0. The molecular weight excluding hydrogens is 136 g/mol. The van der Waals surface area contributed by atoms with E-state index in [9.17, 15) is 5.11 Å². The van der Waals surface area contributed by atoms with Gasteiger partial charge in [0.05, 0.1) is 5.76 Å². The van der Waals surface area contributed by atoms with Crippen LogP contribution in [-0.4, -0.2) is 5.11 Å². The molecule has 0 fully saturated rings. The van der Waals surface area contributed by atoms with Gasteiger partial charge < -0.3 is 5.11 Å². The molecule has 11 heavy (non-hydrogen) atoms. The van der Waals surface area contributed by atoms with Gasteiger partial charge in [0, 0.05) is 6.42 Å². The molecule has 1 nitrogen and oxygen atoms in total. The molecule has 1 rings (SSSR count). The SMILES string of the molecule is CCC(O)=Cc1ccccc1. The topological polar surface area (TPSA) is 20.2 Å². The van der Waals surface area contributed by atoms with Crippen molar-refractivity contribution in [2.75, 3.05) is 0 Å². The second-order valence-corrected chi connectivity index (χ2v) is 2.40. The number of rotatable bonds is 2. The van der Waals surface area contributed by atoms with Crippen LogP contribution < -0.4 is 0 Å². The maximum absolute atomic E-state index is 9.17. The van der Waals surface area contributed by atoms with Crippen molar-refractivity contribution >= 4 is 6.08 Å². The minimum atomic E-state index is 0.427. The number of benzene rings is 1. The maximum atomic E-state index is 9.17. The van der Waals surface area contributed by atoms with E-state index in [-0.39, 0.29) is 0 Å². The quantitative estimate of drug-likeness (QED) is 0.639. The summed E-state index contributed by atoms with van der Waals surface area (Å²) in [4.78, 5) is 0. The average molecular weight is 148 g/mol. The van der Waals surface area contributed by atoms with Gasteiger partial charge in [-0.2, -0.15) is 0 Å². The highest BCUT2D eigenvalue weighted by Crippen LogP contribution is 2.05. The maximum Gasteiger partial charge on any atom is 0.0925 e. The fourth-order valence-corrected chi connectivity index (χ4v) is 0.844. The van der Waals surface area contributed by atoms with E-state index in [1.54, 1.807) is 6.08 Å². The molecule has 0 aliphatic heterocycles. The Labute approximate surface area is 67.0 Å². The van der Waals surface area contributed by atoms with Gasteiger partial charge >= 0.3 is 0 Å². The Bertz CT molecular complexity index is 236. The minimum Gasteiger partial charge on any atom is -0.512 e. The molecule has 1 heteroatoms. The number of hydrogen-bond acceptors (Lipinski definition) is 1. The highest BCUT2D eigenvalue weighted by molar-refractivity contribution is 5.50. The molecule has 1 aromatic rings. The molecule has 0 aliphatic rings. The molecule has 0 radical (unpaired) electrons. The van der Waals surface area contributed by atoms with Crippen LogP contribution in [0.25, 0.3) is 6.08 Å². The normalized spacial score (nSPS) is 11.5. The summed E-state index contributed by atoms with van der Waals surface area (Å²) in [6, 6.07) is 9.79. The summed E-state index contributed by atoms with van der Waals surface area (Å²) in [6.45, 7) is 1.93. The lowest BCUT2D eigenvalue weighted by Gasteiger charge is -1.94. The second-order valence-electron chi connectivity index (χ2n) is 2.40. The van der Waals surface area contributed by atoms with E-state index >= 15 is 0 Å². The molecule has 0 aliphatic carbocycles. The molecule has 0 heterocycles. The van der Waals surface area contributed by atoms with Crippen molar-refractivity contribution in [2.24, 2.45) is 0 Å². The Kier molecular flexibility index (Phi) is 2.73. The van der Waals surface area contributed by atoms with Crippen LogP contribution in [-0.2, 0) is 0 Å². The first-order valence-electron chi connectivity index (χ1n) is 3.77. The summed E-state index contributed by atoms with van der Waals surface area (Å²) < 4.78 is 0. The molecule has 0 saturated carbocycles. The second kappa shape index (κ2) is 3.81. The van der Waals surface area contributed by atoms with E-state index in [0.29, 0.717) is 12.2 Å². The molecular formula is C10H12O. The lowest BCUT2D eigenvalue weighted by Crippen LogP contribution is -1.76. The molecule has 0 saturated heterocycles. The summed E-state index contributed by atoms with van der Waals surface area (Å²) in [5.41, 5.74) is 1.05. The summed E-state index contributed by atoms with van der Waals surface area (Å²) in [5.74, 6) is 0.427. The Morgan fingerprint density at radius 2 is 2.00 bits per heavy atom. The molecule has 1 N–H and O–H groups in total. The van der Waals surface area contributed by atoms with Crippen LogP contribution >= 0.6 is 0 Å². The zero-order chi connectivity index (χ0) is 8.10. The first-order valence-corrected chi connectivity index (χ1v) is 3.77. The summed E-state index contributed by atoms with van der Waals surface area (Å²) >= 11 is 0. The Hall–Kier alpha value is -1.24. The van der Waals surface area contributed by atoms with Gasteiger partial charge in [-0.1, -0.05) is 37.3 Å². The molecule has 1 aromatic carbocycles. The van der Waals surface area contributed by atoms with Crippen molar-refractivity contribution < 1.29 is 5.11 Å². The monoisotopic (exact) mass is 148 g/mol. The largest absolute Gasteiger partial charge is 0.512 e. The van der Waals surface area contributed by atoms with E-state index in [2.05, 4.69) is 0 Å². The highest BCUT2D eigenvalue weighted by Gasteiger charge is 1.88. The Morgan fingerprint density at radius 3 is 2.55 bits per heavy atom. The lowest BCUT2D eigenvalue weighted by molar-refractivity contribution is 0.400. The van der Waals surface area contributed by atoms with E-state index < -0.39 is 0 Å². The molecule has 0 atom stereocenters. The van der Waals surface area contributed by atoms with Gasteiger partial charge in [0.1, 0.15) is 0 Å². The molecule has 58 valence electrons. The number of aliphatic hydroxyl groups is 1. The smallest absolute Gasteiger partial charge is 0.0925 e. The van der Waals surface area contributed by atoms with Crippen molar-refractivity contribution in [1.29, 1.82) is 0 Å². The van der Waals surface area contributed by atoms with E-state index in [1.165, 1.54) is 0 Å². The fourth-order valence-electron chi connectivity index (χ4n) is 0.844. The number of allylic oxidation sites excluding steroid dienone is 1. The minimum absolute atomic E-state index is 0.427. The Balaban J connectivity index is 2.79. The highest BCUT2D eigenvalue weighted by atomic mass is 16.3. The van der Waals surface area contributed by atoms with Crippen molar-refractivity contribution in [3.63, 3.8) is 0 Å². The molecule has 0 unspecified atom stereocenters. The predicted molar refractivity (Wildman–Crippen MR) is 47.3 cm³/mol. The predicted octanol–water partition coefficient (Wildman–Crippen LogP) is 3.00.